The monoisotopic (exact) mass is 423 g/mol. The van der Waals surface area contributed by atoms with Crippen LogP contribution in [0.15, 0.2) is 29.4 Å². The van der Waals surface area contributed by atoms with Gasteiger partial charge in [0.15, 0.2) is 20.7 Å². The molecule has 7 nitrogen and oxygen atoms in total. The van der Waals surface area contributed by atoms with Crippen molar-refractivity contribution in [2.24, 2.45) is 0 Å². The third kappa shape index (κ3) is 3.20. The first kappa shape index (κ1) is 20.4. The van der Waals surface area contributed by atoms with E-state index in [-0.39, 0.29) is 15.8 Å². The van der Waals surface area contributed by atoms with Gasteiger partial charge in [-0.3, -0.25) is 4.40 Å². The highest BCUT2D eigenvalue weighted by Crippen LogP contribution is 2.35. The molecule has 3 aromatic rings. The minimum absolute atomic E-state index is 0.0885. The van der Waals surface area contributed by atoms with E-state index in [4.69, 9.17) is 21.1 Å². The van der Waals surface area contributed by atoms with Crippen LogP contribution >= 0.6 is 11.6 Å². The molecule has 0 bridgehead atoms. The first-order valence-electron chi connectivity index (χ1n) is 8.52. The molecule has 0 saturated heterocycles. The highest BCUT2D eigenvalue weighted by molar-refractivity contribution is 7.92. The number of hydrogen-bond acceptors (Lipinski definition) is 6. The van der Waals surface area contributed by atoms with Gasteiger partial charge in [0.25, 0.3) is 0 Å². The van der Waals surface area contributed by atoms with Crippen molar-refractivity contribution in [3.63, 3.8) is 0 Å². The molecule has 0 aliphatic carbocycles. The molecular formula is C19H22ClN3O4S. The maximum absolute atomic E-state index is 13.1. The van der Waals surface area contributed by atoms with Gasteiger partial charge in [-0.25, -0.2) is 18.4 Å². The SMILES string of the molecule is COc1cc2ncc(-c3cc(C)c(OC)c(Cl)n3)n2cc1S(=O)(=O)C(C)(C)C. The Morgan fingerprint density at radius 1 is 1.14 bits per heavy atom. The summed E-state index contributed by atoms with van der Waals surface area (Å²) in [5.41, 5.74) is 2.50. The number of imidazole rings is 1. The van der Waals surface area contributed by atoms with Gasteiger partial charge in [-0.05, 0) is 39.3 Å². The second kappa shape index (κ2) is 6.93. The molecule has 0 atom stereocenters. The van der Waals surface area contributed by atoms with Crippen LogP contribution in [-0.2, 0) is 9.84 Å². The van der Waals surface area contributed by atoms with Gasteiger partial charge in [-0.1, -0.05) is 11.6 Å². The van der Waals surface area contributed by atoms with Gasteiger partial charge in [-0.2, -0.15) is 0 Å². The first-order valence-corrected chi connectivity index (χ1v) is 10.4. The zero-order valence-corrected chi connectivity index (χ0v) is 18.1. The summed E-state index contributed by atoms with van der Waals surface area (Å²) in [5.74, 6) is 0.744. The Bertz CT molecular complexity index is 1140. The van der Waals surface area contributed by atoms with Crippen LogP contribution in [-0.4, -0.2) is 41.8 Å². The lowest BCUT2D eigenvalue weighted by Crippen LogP contribution is -2.28. The average Bonchev–Trinajstić information content (AvgIpc) is 3.02. The van der Waals surface area contributed by atoms with Crippen molar-refractivity contribution in [1.82, 2.24) is 14.4 Å². The minimum atomic E-state index is -3.65. The Kier molecular flexibility index (Phi) is 5.05. The van der Waals surface area contributed by atoms with Gasteiger partial charge in [0.05, 0.1) is 36.6 Å². The number of hydrogen-bond donors (Lipinski definition) is 0. The van der Waals surface area contributed by atoms with Crippen molar-refractivity contribution < 1.29 is 17.9 Å². The van der Waals surface area contributed by atoms with E-state index in [0.717, 1.165) is 5.56 Å². The summed E-state index contributed by atoms with van der Waals surface area (Å²) in [6, 6.07) is 3.41. The lowest BCUT2D eigenvalue weighted by Gasteiger charge is -2.21. The predicted octanol–water partition coefficient (Wildman–Crippen LogP) is 3.95. The average molecular weight is 424 g/mol. The number of aryl methyl sites for hydroxylation is 1. The van der Waals surface area contributed by atoms with E-state index < -0.39 is 14.6 Å². The minimum Gasteiger partial charge on any atom is -0.495 e. The fourth-order valence-corrected chi connectivity index (χ4v) is 4.49. The molecule has 0 aromatic carbocycles. The summed E-state index contributed by atoms with van der Waals surface area (Å²) in [6.45, 7) is 6.80. The Morgan fingerprint density at radius 2 is 1.82 bits per heavy atom. The number of fused-ring (bicyclic) bond motifs is 1. The second-order valence-corrected chi connectivity index (χ2v) is 10.4. The van der Waals surface area contributed by atoms with E-state index in [1.165, 1.54) is 20.4 Å². The van der Waals surface area contributed by atoms with Crippen molar-refractivity contribution in [3.05, 3.63) is 35.2 Å². The smallest absolute Gasteiger partial charge is 0.188 e. The Labute approximate surface area is 169 Å². The maximum Gasteiger partial charge on any atom is 0.188 e. The van der Waals surface area contributed by atoms with Crippen molar-refractivity contribution in [1.29, 1.82) is 0 Å². The molecule has 0 spiro atoms. The van der Waals surface area contributed by atoms with E-state index in [1.54, 1.807) is 37.4 Å². The molecule has 0 fully saturated rings. The molecule has 0 aliphatic heterocycles. The van der Waals surface area contributed by atoms with E-state index >= 15 is 0 Å². The highest BCUT2D eigenvalue weighted by atomic mass is 35.5. The molecule has 9 heteroatoms. The van der Waals surface area contributed by atoms with E-state index in [1.807, 2.05) is 13.0 Å². The van der Waals surface area contributed by atoms with Crippen LogP contribution in [0.25, 0.3) is 17.0 Å². The summed E-state index contributed by atoms with van der Waals surface area (Å²) in [7, 11) is -0.691. The molecule has 3 rings (SSSR count). The van der Waals surface area contributed by atoms with Gasteiger partial charge < -0.3 is 9.47 Å². The molecular weight excluding hydrogens is 402 g/mol. The lowest BCUT2D eigenvalue weighted by molar-refractivity contribution is 0.401. The summed E-state index contributed by atoms with van der Waals surface area (Å²) in [6.07, 6.45) is 3.14. The predicted molar refractivity (Wildman–Crippen MR) is 108 cm³/mol. The van der Waals surface area contributed by atoms with Crippen LogP contribution in [0.4, 0.5) is 0 Å². The Hall–Kier alpha value is -2.32. The number of rotatable bonds is 4. The number of pyridine rings is 2. The molecule has 0 aliphatic rings. The largest absolute Gasteiger partial charge is 0.495 e. The van der Waals surface area contributed by atoms with Crippen molar-refractivity contribution in [3.8, 4) is 22.9 Å². The second-order valence-electron chi connectivity index (χ2n) is 7.34. The van der Waals surface area contributed by atoms with E-state index in [9.17, 15) is 8.42 Å². The van der Waals surface area contributed by atoms with Crippen LogP contribution in [0.5, 0.6) is 11.5 Å². The number of nitrogens with zero attached hydrogens (tertiary/aromatic N) is 3. The third-order valence-corrected chi connectivity index (χ3v) is 7.23. The van der Waals surface area contributed by atoms with Crippen LogP contribution in [0.3, 0.4) is 0 Å². The van der Waals surface area contributed by atoms with Gasteiger partial charge in [-0.15, -0.1) is 0 Å². The van der Waals surface area contributed by atoms with Crippen LogP contribution < -0.4 is 9.47 Å². The number of halogens is 1. The van der Waals surface area contributed by atoms with Crippen LogP contribution in [0.1, 0.15) is 26.3 Å². The fraction of sp³-hybridized carbons (Fsp3) is 0.368. The Morgan fingerprint density at radius 3 is 2.36 bits per heavy atom. The van der Waals surface area contributed by atoms with Gasteiger partial charge >= 0.3 is 0 Å². The number of methoxy groups -OCH3 is 2. The third-order valence-electron chi connectivity index (χ3n) is 4.47. The summed E-state index contributed by atoms with van der Waals surface area (Å²) in [4.78, 5) is 8.83. The van der Waals surface area contributed by atoms with Crippen molar-refractivity contribution in [2.45, 2.75) is 37.3 Å². The van der Waals surface area contributed by atoms with E-state index in [2.05, 4.69) is 9.97 Å². The topological polar surface area (TPSA) is 82.8 Å². The fourth-order valence-electron chi connectivity index (χ4n) is 2.87. The van der Waals surface area contributed by atoms with Crippen molar-refractivity contribution in [2.75, 3.05) is 14.2 Å². The maximum atomic E-state index is 13.1. The van der Waals surface area contributed by atoms with E-state index in [0.29, 0.717) is 22.8 Å². The standard InChI is InChI=1S/C19H22ClN3O4S/c1-11-7-12(22-18(20)17(11)27-6)13-9-21-16-8-14(26-5)15(10-23(13)16)28(24,25)19(2,3)4/h7-10H,1-6H3. The van der Waals surface area contributed by atoms with Crippen LogP contribution in [0.2, 0.25) is 5.15 Å². The summed E-state index contributed by atoms with van der Waals surface area (Å²) >= 11 is 6.23. The molecule has 150 valence electrons. The van der Waals surface area contributed by atoms with Crippen LogP contribution in [0, 0.1) is 6.92 Å². The molecule has 3 heterocycles. The molecule has 0 radical (unpaired) electrons. The molecule has 0 saturated carbocycles. The van der Waals surface area contributed by atoms with Gasteiger partial charge in [0.2, 0.25) is 0 Å². The zero-order valence-electron chi connectivity index (χ0n) is 16.6. The number of ether oxygens (including phenoxy) is 2. The number of sulfone groups is 1. The Balaban J connectivity index is 2.30. The molecule has 0 amide bonds. The zero-order chi connectivity index (χ0) is 20.9. The molecule has 0 unspecified atom stereocenters. The van der Waals surface area contributed by atoms with Crippen molar-refractivity contribution >= 4 is 27.1 Å². The number of aromatic nitrogens is 3. The lowest BCUT2D eigenvalue weighted by atomic mass is 10.2. The quantitative estimate of drug-likeness (QED) is 0.591. The first-order chi connectivity index (χ1) is 13.0. The highest BCUT2D eigenvalue weighted by Gasteiger charge is 2.34. The van der Waals surface area contributed by atoms with Gasteiger partial charge in [0.1, 0.15) is 16.3 Å². The molecule has 3 aromatic heterocycles. The molecule has 28 heavy (non-hydrogen) atoms. The summed E-state index contributed by atoms with van der Waals surface area (Å²) < 4.78 is 37.4. The summed E-state index contributed by atoms with van der Waals surface area (Å²) in [5, 5.41) is 0.225. The molecule has 0 N–H and O–H groups in total. The normalized spacial score (nSPS) is 12.4. The van der Waals surface area contributed by atoms with Gasteiger partial charge in [0, 0.05) is 12.3 Å².